The number of amides is 2. The molecule has 7 nitrogen and oxygen atoms in total. The Morgan fingerprint density at radius 1 is 1.28 bits per heavy atom. The van der Waals surface area contributed by atoms with Crippen molar-refractivity contribution in [1.29, 1.82) is 0 Å². The molecule has 0 bridgehead atoms. The fourth-order valence-corrected chi connectivity index (χ4v) is 4.08. The van der Waals surface area contributed by atoms with Crippen LogP contribution in [-0.4, -0.2) is 41.0 Å². The minimum Gasteiger partial charge on any atom is -0.497 e. The molecule has 1 atom stereocenters. The molecule has 0 aliphatic carbocycles. The third-order valence-electron chi connectivity index (χ3n) is 5.34. The molecule has 0 radical (unpaired) electrons. The highest BCUT2D eigenvalue weighted by atomic mass is 32.2. The van der Waals surface area contributed by atoms with Gasteiger partial charge in [-0.2, -0.15) is 4.98 Å². The van der Waals surface area contributed by atoms with Crippen LogP contribution in [0.25, 0.3) is 17.0 Å². The first-order chi connectivity index (χ1) is 15.5. The smallest absolute Gasteiger partial charge is 0.322 e. The number of aromatic nitrogens is 2. The third kappa shape index (κ3) is 4.13. The Hall–Kier alpha value is -3.52. The molecule has 2 aromatic carbocycles. The van der Waals surface area contributed by atoms with E-state index in [1.807, 2.05) is 61.7 Å². The molecule has 1 unspecified atom stereocenters. The van der Waals surface area contributed by atoms with Gasteiger partial charge in [0, 0.05) is 22.7 Å². The molecule has 1 N–H and O–H groups in total. The van der Waals surface area contributed by atoms with Crippen LogP contribution in [0.3, 0.4) is 0 Å². The normalized spacial score (nSPS) is 16.2. The Kier molecular flexibility index (Phi) is 6.32. The zero-order chi connectivity index (χ0) is 22.7. The number of ether oxygens (including phenoxy) is 1. The van der Waals surface area contributed by atoms with Crippen LogP contribution in [0.15, 0.2) is 76.3 Å². The summed E-state index contributed by atoms with van der Waals surface area (Å²) in [7, 11) is 1.61. The molecule has 8 heteroatoms. The Morgan fingerprint density at radius 3 is 2.75 bits per heavy atom. The Bertz CT molecular complexity index is 1170. The zero-order valence-corrected chi connectivity index (χ0v) is 19.0. The maximum atomic E-state index is 12.8. The predicted molar refractivity (Wildman–Crippen MR) is 125 cm³/mol. The number of thioether (sulfide) groups is 1. The number of methoxy groups -OCH3 is 1. The maximum absolute atomic E-state index is 12.8. The molecule has 3 aromatic rings. The Labute approximate surface area is 191 Å². The predicted octanol–water partition coefficient (Wildman–Crippen LogP) is 5.15. The van der Waals surface area contributed by atoms with Crippen LogP contribution in [0.4, 0.5) is 4.79 Å². The first-order valence-corrected chi connectivity index (χ1v) is 11.3. The fraction of sp³-hybridized carbons (Fsp3) is 0.208. The van der Waals surface area contributed by atoms with Crippen molar-refractivity contribution in [3.8, 4) is 17.1 Å². The van der Waals surface area contributed by atoms with Gasteiger partial charge in [-0.25, -0.2) is 4.79 Å². The first-order valence-electron chi connectivity index (χ1n) is 10.1. The highest BCUT2D eigenvalue weighted by Gasteiger charge is 2.35. The van der Waals surface area contributed by atoms with E-state index in [1.165, 1.54) is 0 Å². The van der Waals surface area contributed by atoms with Gasteiger partial charge >= 0.3 is 6.03 Å². The molecule has 1 aromatic heterocycles. The van der Waals surface area contributed by atoms with Crippen LogP contribution < -0.4 is 10.1 Å². The van der Waals surface area contributed by atoms with E-state index in [0.717, 1.165) is 27.3 Å². The maximum Gasteiger partial charge on any atom is 0.322 e. The summed E-state index contributed by atoms with van der Waals surface area (Å²) in [5, 5.41) is 7.26. The monoisotopic (exact) mass is 448 g/mol. The van der Waals surface area contributed by atoms with E-state index in [-0.39, 0.29) is 6.03 Å². The van der Waals surface area contributed by atoms with Gasteiger partial charge in [-0.05, 0) is 55.1 Å². The summed E-state index contributed by atoms with van der Waals surface area (Å²) in [6, 6.07) is 14.9. The van der Waals surface area contributed by atoms with Gasteiger partial charge in [0.25, 0.3) is 5.89 Å². The molecule has 32 heavy (non-hydrogen) atoms. The lowest BCUT2D eigenvalue weighted by Gasteiger charge is -2.34. The highest BCUT2D eigenvalue weighted by molar-refractivity contribution is 7.98. The minimum absolute atomic E-state index is 0.216. The molecule has 164 valence electrons. The van der Waals surface area contributed by atoms with Gasteiger partial charge in [0.05, 0.1) is 18.7 Å². The van der Waals surface area contributed by atoms with Crippen molar-refractivity contribution < 1.29 is 14.1 Å². The number of urea groups is 1. The van der Waals surface area contributed by atoms with Crippen molar-refractivity contribution in [3.05, 3.63) is 78.3 Å². The molecule has 0 spiro atoms. The minimum atomic E-state index is -0.467. The number of hydrogen-bond donors (Lipinski definition) is 1. The fourth-order valence-electron chi connectivity index (χ4n) is 3.67. The second-order valence-corrected chi connectivity index (χ2v) is 8.09. The molecular formula is C24H24N4O3S. The molecule has 2 heterocycles. The summed E-state index contributed by atoms with van der Waals surface area (Å²) >= 11 is 1.67. The largest absolute Gasteiger partial charge is 0.497 e. The lowest BCUT2D eigenvalue weighted by molar-refractivity contribution is 0.209. The van der Waals surface area contributed by atoms with Crippen molar-refractivity contribution in [1.82, 2.24) is 20.4 Å². The van der Waals surface area contributed by atoms with Gasteiger partial charge in [0.2, 0.25) is 5.82 Å². The Balaban J connectivity index is 1.80. The Morgan fingerprint density at radius 2 is 2.06 bits per heavy atom. The van der Waals surface area contributed by atoms with Crippen molar-refractivity contribution in [2.75, 3.05) is 19.9 Å². The van der Waals surface area contributed by atoms with Gasteiger partial charge in [-0.3, -0.25) is 4.90 Å². The van der Waals surface area contributed by atoms with E-state index in [4.69, 9.17) is 9.26 Å². The number of nitrogens with zero attached hydrogens (tertiary/aromatic N) is 3. The summed E-state index contributed by atoms with van der Waals surface area (Å²) in [6.07, 6.45) is 3.71. The quantitative estimate of drug-likeness (QED) is 0.398. The van der Waals surface area contributed by atoms with Crippen molar-refractivity contribution in [3.63, 3.8) is 0 Å². The first kappa shape index (κ1) is 21.7. The number of hydrogen-bond acceptors (Lipinski definition) is 6. The summed E-state index contributed by atoms with van der Waals surface area (Å²) < 4.78 is 11.1. The van der Waals surface area contributed by atoms with Crippen LogP contribution in [-0.2, 0) is 0 Å². The molecule has 0 saturated carbocycles. The van der Waals surface area contributed by atoms with Crippen LogP contribution in [0, 0.1) is 0 Å². The van der Waals surface area contributed by atoms with Crippen molar-refractivity contribution >= 4 is 23.4 Å². The van der Waals surface area contributed by atoms with Gasteiger partial charge in [0.15, 0.2) is 0 Å². The lowest BCUT2D eigenvalue weighted by Crippen LogP contribution is -2.46. The molecule has 1 aliphatic heterocycles. The highest BCUT2D eigenvalue weighted by Crippen LogP contribution is 2.38. The van der Waals surface area contributed by atoms with Crippen molar-refractivity contribution in [2.24, 2.45) is 0 Å². The second-order valence-electron chi connectivity index (χ2n) is 7.21. The van der Waals surface area contributed by atoms with Gasteiger partial charge in [0.1, 0.15) is 5.75 Å². The van der Waals surface area contributed by atoms with E-state index in [9.17, 15) is 4.79 Å². The number of carbonyl (C=O) groups is 1. The summed E-state index contributed by atoms with van der Waals surface area (Å²) in [4.78, 5) is 20.3. The van der Waals surface area contributed by atoms with Crippen molar-refractivity contribution in [2.45, 2.75) is 17.9 Å². The second kappa shape index (κ2) is 9.32. The topological polar surface area (TPSA) is 80.5 Å². The zero-order valence-electron chi connectivity index (χ0n) is 18.2. The third-order valence-corrected chi connectivity index (χ3v) is 6.08. The van der Waals surface area contributed by atoms with Gasteiger partial charge in [-0.1, -0.05) is 23.4 Å². The SMILES string of the molecule is C=CCN1C(=O)NC(c2cccc(OC)c2)C(c2nc(-c3ccc(SC)cc3)no2)=C1C. The molecule has 2 amide bonds. The standard InChI is InChI=1S/C24H24N4O3S/c1-5-13-28-15(2)20(21(25-24(28)29)17-7-6-8-18(14-17)30-3)23-26-22(27-31-23)16-9-11-19(32-4)12-10-16/h5-12,14,21H,1,13H2,2-4H3,(H,25,29). The summed E-state index contributed by atoms with van der Waals surface area (Å²) in [6.45, 7) is 6.01. The average Bonchev–Trinajstić information content (AvgIpc) is 3.31. The van der Waals surface area contributed by atoms with E-state index in [0.29, 0.717) is 24.0 Å². The van der Waals surface area contributed by atoms with Gasteiger partial charge in [-0.15, -0.1) is 18.3 Å². The molecule has 1 aliphatic rings. The van der Waals surface area contributed by atoms with E-state index >= 15 is 0 Å². The number of allylic oxidation sites excluding steroid dienone is 1. The number of nitrogens with one attached hydrogen (secondary N) is 1. The number of carbonyl (C=O) groups excluding carboxylic acids is 1. The molecule has 0 fully saturated rings. The van der Waals surface area contributed by atoms with Crippen LogP contribution in [0.1, 0.15) is 24.4 Å². The molecule has 0 saturated heterocycles. The average molecular weight is 449 g/mol. The number of rotatable bonds is 7. The van der Waals surface area contributed by atoms with E-state index in [2.05, 4.69) is 22.0 Å². The van der Waals surface area contributed by atoms with E-state index < -0.39 is 6.04 Å². The lowest BCUT2D eigenvalue weighted by atomic mass is 9.94. The van der Waals surface area contributed by atoms with Crippen LogP contribution >= 0.6 is 11.8 Å². The van der Waals surface area contributed by atoms with E-state index in [1.54, 1.807) is 29.8 Å². The van der Waals surface area contributed by atoms with Crippen LogP contribution in [0.5, 0.6) is 5.75 Å². The molecule has 4 rings (SSSR count). The van der Waals surface area contributed by atoms with Gasteiger partial charge < -0.3 is 14.6 Å². The number of benzene rings is 2. The molecular weight excluding hydrogens is 424 g/mol. The van der Waals surface area contributed by atoms with Crippen LogP contribution in [0.2, 0.25) is 0 Å². The summed E-state index contributed by atoms with van der Waals surface area (Å²) in [5.74, 6) is 1.54. The summed E-state index contributed by atoms with van der Waals surface area (Å²) in [5.41, 5.74) is 3.18.